The van der Waals surface area contributed by atoms with Crippen LogP contribution >= 0.6 is 0 Å². The van der Waals surface area contributed by atoms with Crippen molar-refractivity contribution < 1.29 is 31.4 Å². The highest BCUT2D eigenvalue weighted by Crippen LogP contribution is 2.39. The lowest BCUT2D eigenvalue weighted by atomic mass is 9.78. The second-order valence-electron chi connectivity index (χ2n) is 10.7. The molecular formula is C34H37F5O2. The number of rotatable bonds is 13. The summed E-state index contributed by atoms with van der Waals surface area (Å²) in [6.45, 7) is 5.65. The molecule has 1 unspecified atom stereocenters. The van der Waals surface area contributed by atoms with E-state index in [1.165, 1.54) is 12.1 Å². The minimum absolute atomic E-state index is 0.00683. The smallest absolute Gasteiger partial charge is 0.204 e. The van der Waals surface area contributed by atoms with Crippen molar-refractivity contribution in [3.8, 4) is 22.6 Å². The quantitative estimate of drug-likeness (QED) is 0.115. The lowest BCUT2D eigenvalue weighted by molar-refractivity contribution is 0.187. The molecule has 220 valence electrons. The highest BCUT2D eigenvalue weighted by molar-refractivity contribution is 5.65. The van der Waals surface area contributed by atoms with Crippen LogP contribution in [0.15, 0.2) is 61.2 Å². The predicted molar refractivity (Wildman–Crippen MR) is 152 cm³/mol. The third kappa shape index (κ3) is 7.69. The third-order valence-corrected chi connectivity index (χ3v) is 7.82. The maximum atomic E-state index is 15.1. The second kappa shape index (κ2) is 14.5. The molecule has 0 radical (unpaired) electrons. The first-order valence-corrected chi connectivity index (χ1v) is 14.4. The minimum atomic E-state index is -1.50. The number of benzene rings is 3. The summed E-state index contributed by atoms with van der Waals surface area (Å²) in [5.74, 6) is -4.25. The van der Waals surface area contributed by atoms with Crippen molar-refractivity contribution in [1.29, 1.82) is 0 Å². The van der Waals surface area contributed by atoms with E-state index in [4.69, 9.17) is 9.47 Å². The van der Waals surface area contributed by atoms with Gasteiger partial charge in [0.15, 0.2) is 23.1 Å². The Labute approximate surface area is 239 Å². The summed E-state index contributed by atoms with van der Waals surface area (Å²) in [6.07, 6.45) is 6.46. The van der Waals surface area contributed by atoms with Crippen molar-refractivity contribution in [1.82, 2.24) is 0 Å². The van der Waals surface area contributed by atoms with Crippen LogP contribution in [0.4, 0.5) is 22.0 Å². The first kappa shape index (κ1) is 30.6. The molecule has 41 heavy (non-hydrogen) atoms. The highest BCUT2D eigenvalue weighted by atomic mass is 19.2. The van der Waals surface area contributed by atoms with Crippen LogP contribution in [0.2, 0.25) is 0 Å². The number of allylic oxidation sites excluding steroid dienone is 1. The number of hydrogen-bond donors (Lipinski definition) is 0. The monoisotopic (exact) mass is 572 g/mol. The van der Waals surface area contributed by atoms with E-state index >= 15 is 8.78 Å². The summed E-state index contributed by atoms with van der Waals surface area (Å²) in [5, 5.41) is 0. The van der Waals surface area contributed by atoms with Gasteiger partial charge in [-0.3, -0.25) is 0 Å². The van der Waals surface area contributed by atoms with Crippen molar-refractivity contribution in [2.75, 3.05) is 13.2 Å². The summed E-state index contributed by atoms with van der Waals surface area (Å²) in [7, 11) is 0. The van der Waals surface area contributed by atoms with Crippen molar-refractivity contribution in [2.24, 2.45) is 5.92 Å². The molecule has 1 saturated carbocycles. The van der Waals surface area contributed by atoms with Gasteiger partial charge >= 0.3 is 0 Å². The van der Waals surface area contributed by atoms with E-state index in [1.54, 1.807) is 36.4 Å². The molecule has 0 bridgehead atoms. The number of alkyl halides is 1. The lowest BCUT2D eigenvalue weighted by Crippen LogP contribution is -2.16. The highest BCUT2D eigenvalue weighted by Gasteiger charge is 2.25. The van der Waals surface area contributed by atoms with Crippen LogP contribution in [0.1, 0.15) is 68.9 Å². The molecule has 0 amide bonds. The molecule has 0 N–H and O–H groups in total. The molecule has 2 nitrogen and oxygen atoms in total. The Morgan fingerprint density at radius 1 is 0.805 bits per heavy atom. The van der Waals surface area contributed by atoms with Crippen LogP contribution in [-0.4, -0.2) is 19.4 Å². The summed E-state index contributed by atoms with van der Waals surface area (Å²) >= 11 is 0. The van der Waals surface area contributed by atoms with Gasteiger partial charge in [0, 0.05) is 12.0 Å². The van der Waals surface area contributed by atoms with Crippen molar-refractivity contribution in [3.05, 3.63) is 95.6 Å². The van der Waals surface area contributed by atoms with E-state index in [-0.39, 0.29) is 30.3 Å². The molecule has 1 aliphatic carbocycles. The maximum Gasteiger partial charge on any atom is 0.204 e. The van der Waals surface area contributed by atoms with Gasteiger partial charge in [-0.2, -0.15) is 8.78 Å². The fourth-order valence-electron chi connectivity index (χ4n) is 5.35. The summed E-state index contributed by atoms with van der Waals surface area (Å²) < 4.78 is 83.9. The Morgan fingerprint density at radius 3 is 2.10 bits per heavy atom. The zero-order valence-electron chi connectivity index (χ0n) is 23.4. The lowest BCUT2D eigenvalue weighted by Gasteiger charge is -2.27. The first-order valence-electron chi connectivity index (χ1n) is 14.4. The van der Waals surface area contributed by atoms with Crippen molar-refractivity contribution in [3.63, 3.8) is 0 Å². The van der Waals surface area contributed by atoms with Gasteiger partial charge in [0.25, 0.3) is 0 Å². The minimum Gasteiger partial charge on any atom is -0.490 e. The SMILES string of the molecule is C=CC1CCC(c2ccc(-c3ccc(CC(F)COc4ccc(OCCCCC)c(F)c4F)cc3)c(F)c2F)CC1. The molecule has 3 aromatic rings. The van der Waals surface area contributed by atoms with E-state index in [2.05, 4.69) is 6.58 Å². The van der Waals surface area contributed by atoms with Gasteiger partial charge in [-0.1, -0.05) is 62.2 Å². The normalized spacial score (nSPS) is 17.7. The molecule has 0 aliphatic heterocycles. The zero-order valence-corrected chi connectivity index (χ0v) is 23.4. The molecule has 3 aromatic carbocycles. The number of halogens is 5. The molecule has 0 aromatic heterocycles. The molecule has 1 fully saturated rings. The molecule has 7 heteroatoms. The molecular weight excluding hydrogens is 535 g/mol. The number of hydrogen-bond acceptors (Lipinski definition) is 2. The molecule has 0 saturated heterocycles. The maximum absolute atomic E-state index is 15.1. The Kier molecular flexibility index (Phi) is 10.8. The van der Waals surface area contributed by atoms with E-state index in [0.29, 0.717) is 22.6 Å². The van der Waals surface area contributed by atoms with Gasteiger partial charge in [-0.15, -0.1) is 6.58 Å². The molecule has 4 rings (SSSR count). The van der Waals surface area contributed by atoms with Crippen LogP contribution < -0.4 is 9.47 Å². The van der Waals surface area contributed by atoms with E-state index in [9.17, 15) is 13.2 Å². The Hall–Kier alpha value is -3.35. The van der Waals surface area contributed by atoms with Gasteiger partial charge in [0.2, 0.25) is 11.6 Å². The van der Waals surface area contributed by atoms with E-state index < -0.39 is 41.8 Å². The average Bonchev–Trinajstić information content (AvgIpc) is 2.99. The first-order chi connectivity index (χ1) is 19.8. The number of unbranched alkanes of at least 4 members (excludes halogenated alkanes) is 2. The van der Waals surface area contributed by atoms with E-state index in [1.807, 2.05) is 13.0 Å². The van der Waals surface area contributed by atoms with Crippen LogP contribution in [0.25, 0.3) is 11.1 Å². The summed E-state index contributed by atoms with van der Waals surface area (Å²) in [4.78, 5) is 0. The zero-order chi connectivity index (χ0) is 29.4. The van der Waals surface area contributed by atoms with Crippen molar-refractivity contribution >= 4 is 0 Å². The average molecular weight is 573 g/mol. The fourth-order valence-corrected chi connectivity index (χ4v) is 5.35. The third-order valence-electron chi connectivity index (χ3n) is 7.82. The summed E-state index contributed by atoms with van der Waals surface area (Å²) in [6, 6.07) is 12.3. The predicted octanol–water partition coefficient (Wildman–Crippen LogP) is 9.90. The summed E-state index contributed by atoms with van der Waals surface area (Å²) in [5.41, 5.74) is 1.64. The van der Waals surface area contributed by atoms with E-state index in [0.717, 1.165) is 44.9 Å². The van der Waals surface area contributed by atoms with Crippen LogP contribution in [0.5, 0.6) is 11.5 Å². The van der Waals surface area contributed by atoms with Gasteiger partial charge in [-0.25, -0.2) is 13.2 Å². The Morgan fingerprint density at radius 2 is 1.46 bits per heavy atom. The topological polar surface area (TPSA) is 18.5 Å². The van der Waals surface area contributed by atoms with Gasteiger partial charge in [-0.05, 0) is 72.8 Å². The molecule has 0 spiro atoms. The van der Waals surface area contributed by atoms with Crippen LogP contribution in [0.3, 0.4) is 0 Å². The fraction of sp³-hybridized carbons (Fsp3) is 0.412. The molecule has 0 heterocycles. The van der Waals surface area contributed by atoms with Crippen molar-refractivity contribution in [2.45, 2.75) is 70.4 Å². The standard InChI is InChI=1S/C34H37F5O2/c1-3-5-6-19-40-29-17-18-30(34(39)33(29)38)41-21-26(35)20-23-9-13-25(14-10-23)28-16-15-27(31(36)32(28)37)24-11-7-22(4-2)8-12-24/h4,9-10,13-18,22,24,26H,2-3,5-8,11-12,19-21H2,1H3. The van der Waals surface area contributed by atoms with Crippen LogP contribution in [-0.2, 0) is 6.42 Å². The van der Waals surface area contributed by atoms with Gasteiger partial charge < -0.3 is 9.47 Å². The Bertz CT molecular complexity index is 1300. The molecule has 1 atom stereocenters. The van der Waals surface area contributed by atoms with Gasteiger partial charge in [0.05, 0.1) is 6.61 Å². The largest absolute Gasteiger partial charge is 0.490 e. The molecule has 1 aliphatic rings. The Balaban J connectivity index is 1.33. The second-order valence-corrected chi connectivity index (χ2v) is 10.7. The van der Waals surface area contributed by atoms with Crippen LogP contribution in [0, 0.1) is 29.2 Å². The number of ether oxygens (including phenoxy) is 2. The van der Waals surface area contributed by atoms with Gasteiger partial charge in [0.1, 0.15) is 12.8 Å².